The molecular formula is C12H23N3O. The molecule has 4 nitrogen and oxygen atoms in total. The van der Waals surface area contributed by atoms with Gasteiger partial charge in [-0.25, -0.2) is 0 Å². The van der Waals surface area contributed by atoms with Gasteiger partial charge in [-0.2, -0.15) is 5.26 Å². The lowest BCUT2D eigenvalue weighted by Crippen LogP contribution is -2.46. The molecule has 0 bridgehead atoms. The van der Waals surface area contributed by atoms with Crippen LogP contribution < -0.4 is 5.32 Å². The number of aliphatic hydroxyl groups excluding tert-OH is 1. The molecule has 1 aliphatic rings. The zero-order valence-electron chi connectivity index (χ0n) is 10.2. The first-order chi connectivity index (χ1) is 7.76. The number of β-amino-alcohol motifs (C(OH)–C–C–N with tert-alkyl or cyclic N) is 1. The molecule has 0 radical (unpaired) electrons. The van der Waals surface area contributed by atoms with E-state index in [1.165, 1.54) is 6.42 Å². The van der Waals surface area contributed by atoms with Crippen LogP contribution in [0.5, 0.6) is 0 Å². The van der Waals surface area contributed by atoms with Gasteiger partial charge >= 0.3 is 0 Å². The topological polar surface area (TPSA) is 59.3 Å². The molecule has 1 fully saturated rings. The van der Waals surface area contributed by atoms with Crippen molar-refractivity contribution < 1.29 is 5.11 Å². The summed E-state index contributed by atoms with van der Waals surface area (Å²) >= 11 is 0. The van der Waals surface area contributed by atoms with Crippen LogP contribution in [0.4, 0.5) is 0 Å². The van der Waals surface area contributed by atoms with Gasteiger partial charge in [-0.3, -0.25) is 5.32 Å². The first-order valence-corrected chi connectivity index (χ1v) is 6.26. The second-order valence-electron chi connectivity index (χ2n) is 4.54. The Balaban J connectivity index is 2.51. The summed E-state index contributed by atoms with van der Waals surface area (Å²) in [5, 5.41) is 21.3. The first-order valence-electron chi connectivity index (χ1n) is 6.26. The van der Waals surface area contributed by atoms with Crippen molar-refractivity contribution in [2.24, 2.45) is 0 Å². The first kappa shape index (κ1) is 13.4. The van der Waals surface area contributed by atoms with E-state index in [-0.39, 0.29) is 6.61 Å². The van der Waals surface area contributed by atoms with Crippen molar-refractivity contribution in [3.8, 4) is 6.07 Å². The largest absolute Gasteiger partial charge is 0.395 e. The van der Waals surface area contributed by atoms with Crippen LogP contribution in [-0.4, -0.2) is 48.3 Å². The summed E-state index contributed by atoms with van der Waals surface area (Å²) < 4.78 is 0. The standard InChI is InChI=1S/C12H23N3O/c1-2-7-15-8-3-4-12(11-13,5-9-15)14-6-10-16/h14,16H,2-10H2,1H3. The Morgan fingerprint density at radius 1 is 1.44 bits per heavy atom. The third kappa shape index (κ3) is 3.75. The van der Waals surface area contributed by atoms with E-state index in [0.717, 1.165) is 38.9 Å². The van der Waals surface area contributed by atoms with E-state index < -0.39 is 5.54 Å². The number of likely N-dealkylation sites (tertiary alicyclic amines) is 1. The normalized spacial score (nSPS) is 27.3. The van der Waals surface area contributed by atoms with E-state index in [1.807, 2.05) is 0 Å². The molecule has 0 saturated carbocycles. The fourth-order valence-corrected chi connectivity index (χ4v) is 2.35. The quantitative estimate of drug-likeness (QED) is 0.724. The van der Waals surface area contributed by atoms with E-state index in [4.69, 9.17) is 5.11 Å². The second-order valence-corrected chi connectivity index (χ2v) is 4.54. The minimum atomic E-state index is -0.411. The zero-order valence-corrected chi connectivity index (χ0v) is 10.2. The molecule has 1 unspecified atom stereocenters. The minimum absolute atomic E-state index is 0.0993. The molecule has 16 heavy (non-hydrogen) atoms. The molecule has 4 heteroatoms. The molecule has 1 atom stereocenters. The number of hydrogen-bond acceptors (Lipinski definition) is 4. The summed E-state index contributed by atoms with van der Waals surface area (Å²) in [7, 11) is 0. The van der Waals surface area contributed by atoms with E-state index in [0.29, 0.717) is 6.54 Å². The number of hydrogen-bond donors (Lipinski definition) is 2. The van der Waals surface area contributed by atoms with Gasteiger partial charge in [0.2, 0.25) is 0 Å². The maximum absolute atomic E-state index is 9.30. The third-order valence-electron chi connectivity index (χ3n) is 3.26. The van der Waals surface area contributed by atoms with Crippen molar-refractivity contribution >= 4 is 0 Å². The highest BCUT2D eigenvalue weighted by atomic mass is 16.3. The van der Waals surface area contributed by atoms with Gasteiger partial charge in [-0.15, -0.1) is 0 Å². The van der Waals surface area contributed by atoms with Crippen molar-refractivity contribution in [3.63, 3.8) is 0 Å². The Kier molecular flexibility index (Phi) is 5.75. The van der Waals surface area contributed by atoms with Crippen LogP contribution in [0.2, 0.25) is 0 Å². The van der Waals surface area contributed by atoms with Gasteiger partial charge in [0.15, 0.2) is 0 Å². The average Bonchev–Trinajstić information content (AvgIpc) is 2.51. The lowest BCUT2D eigenvalue weighted by atomic mass is 9.92. The highest BCUT2D eigenvalue weighted by Crippen LogP contribution is 2.21. The molecule has 1 aliphatic heterocycles. The Hall–Kier alpha value is -0.630. The summed E-state index contributed by atoms with van der Waals surface area (Å²) in [5.41, 5.74) is -0.411. The Morgan fingerprint density at radius 3 is 2.88 bits per heavy atom. The van der Waals surface area contributed by atoms with Gasteiger partial charge < -0.3 is 10.0 Å². The molecule has 1 rings (SSSR count). The molecule has 0 aromatic heterocycles. The van der Waals surface area contributed by atoms with Gasteiger partial charge in [0.05, 0.1) is 12.7 Å². The lowest BCUT2D eigenvalue weighted by molar-refractivity contribution is 0.254. The maximum atomic E-state index is 9.30. The lowest BCUT2D eigenvalue weighted by Gasteiger charge is -2.26. The van der Waals surface area contributed by atoms with Crippen LogP contribution in [0.25, 0.3) is 0 Å². The monoisotopic (exact) mass is 225 g/mol. The summed E-state index contributed by atoms with van der Waals surface area (Å²) in [6.45, 7) is 6.01. The number of aliphatic hydroxyl groups is 1. The maximum Gasteiger partial charge on any atom is 0.108 e. The molecule has 1 saturated heterocycles. The molecule has 0 spiro atoms. The molecule has 92 valence electrons. The van der Waals surface area contributed by atoms with Gasteiger partial charge in [0, 0.05) is 13.1 Å². The smallest absolute Gasteiger partial charge is 0.108 e. The van der Waals surface area contributed by atoms with Gasteiger partial charge in [-0.05, 0) is 38.8 Å². The number of nitrogens with one attached hydrogen (secondary N) is 1. The summed E-state index contributed by atoms with van der Waals surface area (Å²) in [6.07, 6.45) is 3.99. The third-order valence-corrected chi connectivity index (χ3v) is 3.26. The molecule has 0 aromatic carbocycles. The Morgan fingerprint density at radius 2 is 2.25 bits per heavy atom. The summed E-state index contributed by atoms with van der Waals surface area (Å²) in [4.78, 5) is 2.43. The van der Waals surface area contributed by atoms with Crippen LogP contribution in [0.1, 0.15) is 32.6 Å². The fourth-order valence-electron chi connectivity index (χ4n) is 2.35. The van der Waals surface area contributed by atoms with E-state index >= 15 is 0 Å². The van der Waals surface area contributed by atoms with Crippen molar-refractivity contribution in [1.82, 2.24) is 10.2 Å². The highest BCUT2D eigenvalue weighted by molar-refractivity contribution is 5.08. The number of nitriles is 1. The van der Waals surface area contributed by atoms with E-state index in [2.05, 4.69) is 23.2 Å². The van der Waals surface area contributed by atoms with Gasteiger partial charge in [-0.1, -0.05) is 6.92 Å². The number of rotatable bonds is 5. The average molecular weight is 225 g/mol. The highest BCUT2D eigenvalue weighted by Gasteiger charge is 2.31. The van der Waals surface area contributed by atoms with Crippen LogP contribution in [0.3, 0.4) is 0 Å². The van der Waals surface area contributed by atoms with Crippen LogP contribution in [0.15, 0.2) is 0 Å². The van der Waals surface area contributed by atoms with E-state index in [1.54, 1.807) is 0 Å². The van der Waals surface area contributed by atoms with Gasteiger partial charge in [0.1, 0.15) is 5.54 Å². The molecular weight excluding hydrogens is 202 g/mol. The Bertz CT molecular complexity index is 239. The number of nitrogens with zero attached hydrogens (tertiary/aromatic N) is 2. The molecule has 0 aliphatic carbocycles. The van der Waals surface area contributed by atoms with Crippen LogP contribution >= 0.6 is 0 Å². The van der Waals surface area contributed by atoms with Crippen molar-refractivity contribution in [2.45, 2.75) is 38.1 Å². The Labute approximate surface area is 98.2 Å². The van der Waals surface area contributed by atoms with Crippen LogP contribution in [-0.2, 0) is 0 Å². The summed E-state index contributed by atoms with van der Waals surface area (Å²) in [6, 6.07) is 2.41. The molecule has 1 heterocycles. The molecule has 0 aromatic rings. The van der Waals surface area contributed by atoms with Crippen LogP contribution in [0, 0.1) is 11.3 Å². The molecule has 0 amide bonds. The van der Waals surface area contributed by atoms with Gasteiger partial charge in [0.25, 0.3) is 0 Å². The van der Waals surface area contributed by atoms with Crippen molar-refractivity contribution in [3.05, 3.63) is 0 Å². The summed E-state index contributed by atoms with van der Waals surface area (Å²) in [5.74, 6) is 0. The predicted molar refractivity (Wildman–Crippen MR) is 64.0 cm³/mol. The zero-order chi connectivity index (χ0) is 11.9. The SMILES string of the molecule is CCCN1CCCC(C#N)(NCCO)CC1. The second kappa shape index (κ2) is 6.85. The minimum Gasteiger partial charge on any atom is -0.395 e. The van der Waals surface area contributed by atoms with Crippen molar-refractivity contribution in [1.29, 1.82) is 5.26 Å². The van der Waals surface area contributed by atoms with Crippen molar-refractivity contribution in [2.75, 3.05) is 32.8 Å². The molecule has 2 N–H and O–H groups in total. The fraction of sp³-hybridized carbons (Fsp3) is 0.917. The van der Waals surface area contributed by atoms with E-state index in [9.17, 15) is 5.26 Å². The predicted octanol–water partition coefficient (Wildman–Crippen LogP) is 0.727.